The standard InChI is InChI=1S/C18H19N3O4/c19-14-5-1-12(2-6-14)9-16(22)20-11-17(23)21-15-7-3-13(4-8-15)10-18(24)25/h1-8H,9-11,19H2,(H,20,22)(H,21,23)(H,24,25). The van der Waals surface area contributed by atoms with Gasteiger partial charge in [-0.15, -0.1) is 0 Å². The lowest BCUT2D eigenvalue weighted by molar-refractivity contribution is -0.136. The fraction of sp³-hybridized carbons (Fsp3) is 0.167. The molecule has 25 heavy (non-hydrogen) atoms. The van der Waals surface area contributed by atoms with Gasteiger partial charge in [-0.2, -0.15) is 0 Å². The van der Waals surface area contributed by atoms with Crippen LogP contribution in [0.15, 0.2) is 48.5 Å². The molecule has 0 aliphatic carbocycles. The van der Waals surface area contributed by atoms with E-state index < -0.39 is 5.97 Å². The highest BCUT2D eigenvalue weighted by molar-refractivity contribution is 5.94. The normalized spacial score (nSPS) is 10.1. The predicted octanol–water partition coefficient (Wildman–Crippen LogP) is 1.19. The Bertz CT molecular complexity index is 755. The van der Waals surface area contributed by atoms with E-state index in [1.54, 1.807) is 48.5 Å². The fourth-order valence-electron chi connectivity index (χ4n) is 2.15. The Labute approximate surface area is 144 Å². The first kappa shape index (κ1) is 18.0. The van der Waals surface area contributed by atoms with E-state index in [2.05, 4.69) is 10.6 Å². The van der Waals surface area contributed by atoms with E-state index in [1.807, 2.05) is 0 Å². The Morgan fingerprint density at radius 1 is 0.840 bits per heavy atom. The molecule has 2 aromatic carbocycles. The van der Waals surface area contributed by atoms with Gasteiger partial charge in [-0.05, 0) is 35.4 Å². The number of carbonyl (C=O) groups is 3. The predicted molar refractivity (Wildman–Crippen MR) is 94.0 cm³/mol. The van der Waals surface area contributed by atoms with Gasteiger partial charge in [-0.1, -0.05) is 24.3 Å². The van der Waals surface area contributed by atoms with Gasteiger partial charge in [0.25, 0.3) is 0 Å². The van der Waals surface area contributed by atoms with E-state index in [4.69, 9.17) is 10.8 Å². The van der Waals surface area contributed by atoms with Crippen molar-refractivity contribution in [1.29, 1.82) is 0 Å². The number of anilines is 2. The molecule has 2 rings (SSSR count). The van der Waals surface area contributed by atoms with Crippen LogP contribution in [0.1, 0.15) is 11.1 Å². The summed E-state index contributed by atoms with van der Waals surface area (Å²) in [4.78, 5) is 34.3. The topological polar surface area (TPSA) is 122 Å². The number of nitrogen functional groups attached to an aromatic ring is 1. The molecule has 0 aliphatic heterocycles. The maximum atomic E-state index is 11.8. The van der Waals surface area contributed by atoms with Crippen molar-refractivity contribution in [2.75, 3.05) is 17.6 Å². The number of nitrogens with one attached hydrogen (secondary N) is 2. The fourth-order valence-corrected chi connectivity index (χ4v) is 2.15. The summed E-state index contributed by atoms with van der Waals surface area (Å²) < 4.78 is 0. The van der Waals surface area contributed by atoms with Gasteiger partial charge in [-0.3, -0.25) is 14.4 Å². The maximum Gasteiger partial charge on any atom is 0.307 e. The van der Waals surface area contributed by atoms with Crippen molar-refractivity contribution in [3.8, 4) is 0 Å². The first-order chi connectivity index (χ1) is 11.9. The molecule has 0 bridgehead atoms. The van der Waals surface area contributed by atoms with Crippen molar-refractivity contribution in [1.82, 2.24) is 5.32 Å². The van der Waals surface area contributed by atoms with Gasteiger partial charge in [0.1, 0.15) is 0 Å². The molecule has 0 saturated heterocycles. The van der Waals surface area contributed by atoms with Crippen LogP contribution in [0.4, 0.5) is 11.4 Å². The van der Waals surface area contributed by atoms with Crippen LogP contribution in [-0.2, 0) is 27.2 Å². The number of carboxylic acid groups (broad SMARTS) is 1. The van der Waals surface area contributed by atoms with Gasteiger partial charge < -0.3 is 21.5 Å². The number of hydrogen-bond acceptors (Lipinski definition) is 4. The molecular formula is C18H19N3O4. The summed E-state index contributed by atoms with van der Waals surface area (Å²) in [6, 6.07) is 13.4. The van der Waals surface area contributed by atoms with E-state index in [0.717, 1.165) is 5.56 Å². The van der Waals surface area contributed by atoms with E-state index in [1.165, 1.54) is 0 Å². The molecule has 0 saturated carbocycles. The Kier molecular flexibility index (Phi) is 6.11. The highest BCUT2D eigenvalue weighted by Gasteiger charge is 2.07. The van der Waals surface area contributed by atoms with Crippen LogP contribution in [0.3, 0.4) is 0 Å². The number of nitrogens with two attached hydrogens (primary N) is 1. The Balaban J connectivity index is 1.77. The molecule has 0 unspecified atom stereocenters. The number of carbonyl (C=O) groups excluding carboxylic acids is 2. The molecule has 5 N–H and O–H groups in total. The molecule has 0 aromatic heterocycles. The third kappa shape index (κ3) is 6.34. The average molecular weight is 341 g/mol. The lowest BCUT2D eigenvalue weighted by atomic mass is 10.1. The molecule has 0 spiro atoms. The summed E-state index contributed by atoms with van der Waals surface area (Å²) in [5, 5.41) is 13.9. The third-order valence-corrected chi connectivity index (χ3v) is 3.38. The summed E-state index contributed by atoms with van der Waals surface area (Å²) in [7, 11) is 0. The number of benzene rings is 2. The van der Waals surface area contributed by atoms with E-state index in [-0.39, 0.29) is 31.2 Å². The molecule has 0 atom stereocenters. The number of amides is 2. The zero-order valence-corrected chi connectivity index (χ0v) is 13.5. The minimum atomic E-state index is -0.916. The number of rotatable bonds is 7. The van der Waals surface area contributed by atoms with E-state index in [9.17, 15) is 14.4 Å². The van der Waals surface area contributed by atoms with Gasteiger partial charge in [-0.25, -0.2) is 0 Å². The average Bonchev–Trinajstić information content (AvgIpc) is 2.56. The zero-order valence-electron chi connectivity index (χ0n) is 13.5. The van der Waals surface area contributed by atoms with Crippen LogP contribution in [0, 0.1) is 0 Å². The van der Waals surface area contributed by atoms with E-state index in [0.29, 0.717) is 16.9 Å². The summed E-state index contributed by atoms with van der Waals surface area (Å²) in [5.41, 5.74) is 8.18. The highest BCUT2D eigenvalue weighted by atomic mass is 16.4. The molecule has 0 fully saturated rings. The smallest absolute Gasteiger partial charge is 0.307 e. The zero-order chi connectivity index (χ0) is 18.2. The van der Waals surface area contributed by atoms with Gasteiger partial charge in [0.2, 0.25) is 11.8 Å². The second kappa shape index (κ2) is 8.49. The summed E-state index contributed by atoms with van der Waals surface area (Å²) in [5.74, 6) is -1.55. The highest BCUT2D eigenvalue weighted by Crippen LogP contribution is 2.10. The molecular weight excluding hydrogens is 322 g/mol. The molecule has 2 amide bonds. The number of hydrogen-bond donors (Lipinski definition) is 4. The van der Waals surface area contributed by atoms with Crippen LogP contribution in [0.25, 0.3) is 0 Å². The van der Waals surface area contributed by atoms with Gasteiger partial charge >= 0.3 is 5.97 Å². The van der Waals surface area contributed by atoms with Gasteiger partial charge in [0, 0.05) is 11.4 Å². The first-order valence-electron chi connectivity index (χ1n) is 7.64. The largest absolute Gasteiger partial charge is 0.481 e. The minimum absolute atomic E-state index is 0.0740. The molecule has 2 aromatic rings. The van der Waals surface area contributed by atoms with Crippen molar-refractivity contribution in [3.05, 3.63) is 59.7 Å². The van der Waals surface area contributed by atoms with Crippen LogP contribution in [-0.4, -0.2) is 29.4 Å². The molecule has 0 radical (unpaired) electrons. The monoisotopic (exact) mass is 341 g/mol. The molecule has 7 heteroatoms. The maximum absolute atomic E-state index is 11.8. The Hall–Kier alpha value is -3.35. The molecule has 0 heterocycles. The summed E-state index contributed by atoms with van der Waals surface area (Å²) in [6.07, 6.45) is 0.0901. The summed E-state index contributed by atoms with van der Waals surface area (Å²) >= 11 is 0. The Morgan fingerprint density at radius 3 is 2.00 bits per heavy atom. The van der Waals surface area contributed by atoms with Crippen molar-refractivity contribution >= 4 is 29.2 Å². The summed E-state index contributed by atoms with van der Waals surface area (Å²) in [6.45, 7) is -0.148. The lowest BCUT2D eigenvalue weighted by Gasteiger charge is -2.08. The second-order valence-corrected chi connectivity index (χ2v) is 5.51. The van der Waals surface area contributed by atoms with Crippen LogP contribution >= 0.6 is 0 Å². The van der Waals surface area contributed by atoms with Crippen LogP contribution in [0.5, 0.6) is 0 Å². The molecule has 0 aliphatic rings. The number of carboxylic acids is 1. The van der Waals surface area contributed by atoms with Crippen molar-refractivity contribution < 1.29 is 19.5 Å². The van der Waals surface area contributed by atoms with Gasteiger partial charge in [0.15, 0.2) is 0 Å². The van der Waals surface area contributed by atoms with Crippen LogP contribution in [0.2, 0.25) is 0 Å². The van der Waals surface area contributed by atoms with Crippen molar-refractivity contribution in [3.63, 3.8) is 0 Å². The minimum Gasteiger partial charge on any atom is -0.481 e. The number of aliphatic carboxylic acids is 1. The molecule has 7 nitrogen and oxygen atoms in total. The van der Waals surface area contributed by atoms with Crippen LogP contribution < -0.4 is 16.4 Å². The lowest BCUT2D eigenvalue weighted by Crippen LogP contribution is -2.33. The Morgan fingerprint density at radius 2 is 1.40 bits per heavy atom. The second-order valence-electron chi connectivity index (χ2n) is 5.51. The van der Waals surface area contributed by atoms with Gasteiger partial charge in [0.05, 0.1) is 19.4 Å². The first-order valence-corrected chi connectivity index (χ1v) is 7.64. The third-order valence-electron chi connectivity index (χ3n) is 3.38. The molecule has 130 valence electrons. The SMILES string of the molecule is Nc1ccc(CC(=O)NCC(=O)Nc2ccc(CC(=O)O)cc2)cc1. The van der Waals surface area contributed by atoms with E-state index >= 15 is 0 Å². The van der Waals surface area contributed by atoms with Crippen molar-refractivity contribution in [2.45, 2.75) is 12.8 Å². The quantitative estimate of drug-likeness (QED) is 0.564. The van der Waals surface area contributed by atoms with Crippen molar-refractivity contribution in [2.24, 2.45) is 0 Å².